The van der Waals surface area contributed by atoms with E-state index in [2.05, 4.69) is 9.71 Å². The van der Waals surface area contributed by atoms with Crippen molar-refractivity contribution >= 4 is 33.5 Å². The topological polar surface area (TPSA) is 98.2 Å². The number of sulfonamides is 1. The standard InChI is InChI=1S/C12H15N3O3S2/c1-9-8-18-12(14-9)15-20(16,17)7-6-19-11-4-2-10(13)3-5-11/h2-5,8H,6-7,13H2,1H3,(H,14,15). The van der Waals surface area contributed by atoms with Crippen molar-refractivity contribution in [3.8, 4) is 0 Å². The van der Waals surface area contributed by atoms with Gasteiger partial charge in [-0.05, 0) is 31.2 Å². The van der Waals surface area contributed by atoms with Crippen LogP contribution in [0, 0.1) is 6.92 Å². The molecule has 1 heterocycles. The molecule has 0 saturated carbocycles. The molecule has 0 aliphatic heterocycles. The fraction of sp³-hybridized carbons (Fsp3) is 0.250. The lowest BCUT2D eigenvalue weighted by atomic mass is 10.3. The molecule has 108 valence electrons. The summed E-state index contributed by atoms with van der Waals surface area (Å²) in [7, 11) is -3.45. The number of aryl methyl sites for hydroxylation is 1. The third kappa shape index (κ3) is 4.46. The summed E-state index contributed by atoms with van der Waals surface area (Å²) in [6.07, 6.45) is 1.39. The number of nitrogens with one attached hydrogen (secondary N) is 1. The van der Waals surface area contributed by atoms with Gasteiger partial charge >= 0.3 is 6.01 Å². The van der Waals surface area contributed by atoms with E-state index in [9.17, 15) is 8.42 Å². The maximum atomic E-state index is 11.8. The largest absolute Gasteiger partial charge is 0.431 e. The Labute approximate surface area is 121 Å². The number of hydrogen-bond acceptors (Lipinski definition) is 6. The number of hydrogen-bond donors (Lipinski definition) is 2. The lowest BCUT2D eigenvalue weighted by Crippen LogP contribution is -2.18. The molecule has 8 heteroatoms. The first-order valence-electron chi connectivity index (χ1n) is 5.85. The first kappa shape index (κ1) is 14.7. The summed E-state index contributed by atoms with van der Waals surface area (Å²) < 4.78 is 30.9. The zero-order valence-electron chi connectivity index (χ0n) is 10.9. The van der Waals surface area contributed by atoms with Crippen molar-refractivity contribution in [2.75, 3.05) is 22.0 Å². The van der Waals surface area contributed by atoms with Crippen LogP contribution >= 0.6 is 11.8 Å². The van der Waals surface area contributed by atoms with Crippen molar-refractivity contribution in [2.24, 2.45) is 0 Å². The molecule has 0 spiro atoms. The van der Waals surface area contributed by atoms with Gasteiger partial charge in [0.05, 0.1) is 11.4 Å². The minimum Gasteiger partial charge on any atom is -0.431 e. The fourth-order valence-electron chi connectivity index (χ4n) is 1.42. The summed E-state index contributed by atoms with van der Waals surface area (Å²) in [6.45, 7) is 1.72. The second-order valence-electron chi connectivity index (χ2n) is 4.13. The van der Waals surface area contributed by atoms with Gasteiger partial charge in [-0.2, -0.15) is 4.98 Å². The van der Waals surface area contributed by atoms with Crippen LogP contribution in [0.25, 0.3) is 0 Å². The van der Waals surface area contributed by atoms with E-state index in [0.717, 1.165) is 4.90 Å². The van der Waals surface area contributed by atoms with Crippen LogP contribution in [0.15, 0.2) is 39.8 Å². The van der Waals surface area contributed by atoms with Crippen molar-refractivity contribution < 1.29 is 12.8 Å². The number of nitrogen functional groups attached to an aromatic ring is 1. The average Bonchev–Trinajstić information content (AvgIpc) is 2.76. The van der Waals surface area contributed by atoms with Crippen LogP contribution in [-0.4, -0.2) is 24.9 Å². The van der Waals surface area contributed by atoms with Crippen LogP contribution in [0.4, 0.5) is 11.7 Å². The minimum absolute atomic E-state index is 0.0000142. The van der Waals surface area contributed by atoms with Gasteiger partial charge in [0.1, 0.15) is 6.26 Å². The number of thioether (sulfide) groups is 1. The smallest absolute Gasteiger partial charge is 0.308 e. The lowest BCUT2D eigenvalue weighted by molar-refractivity contribution is 0.570. The number of anilines is 2. The molecule has 3 N–H and O–H groups in total. The Bertz CT molecular complexity index is 666. The highest BCUT2D eigenvalue weighted by molar-refractivity contribution is 8.00. The van der Waals surface area contributed by atoms with E-state index in [1.54, 1.807) is 19.1 Å². The highest BCUT2D eigenvalue weighted by Crippen LogP contribution is 2.19. The number of oxazole rings is 1. The molecule has 0 amide bonds. The van der Waals surface area contributed by atoms with E-state index >= 15 is 0 Å². The highest BCUT2D eigenvalue weighted by Gasteiger charge is 2.13. The summed E-state index contributed by atoms with van der Waals surface area (Å²) in [6, 6.07) is 7.28. The zero-order chi connectivity index (χ0) is 14.6. The normalized spacial score (nSPS) is 11.4. The molecule has 1 aromatic carbocycles. The summed E-state index contributed by atoms with van der Waals surface area (Å²) in [4.78, 5) is 4.87. The Morgan fingerprint density at radius 2 is 2.05 bits per heavy atom. The summed E-state index contributed by atoms with van der Waals surface area (Å²) in [5.74, 6) is 0.405. The first-order valence-corrected chi connectivity index (χ1v) is 8.49. The molecule has 0 radical (unpaired) electrons. The summed E-state index contributed by atoms with van der Waals surface area (Å²) in [5.41, 5.74) is 6.89. The number of aromatic nitrogens is 1. The van der Waals surface area contributed by atoms with E-state index in [-0.39, 0.29) is 11.8 Å². The predicted molar refractivity (Wildman–Crippen MR) is 80.2 cm³/mol. The van der Waals surface area contributed by atoms with Crippen LogP contribution in [0.5, 0.6) is 0 Å². The molecule has 0 bridgehead atoms. The van der Waals surface area contributed by atoms with Crippen molar-refractivity contribution in [3.05, 3.63) is 36.2 Å². The number of benzene rings is 1. The van der Waals surface area contributed by atoms with Crippen molar-refractivity contribution in [2.45, 2.75) is 11.8 Å². The number of nitrogens with zero attached hydrogens (tertiary/aromatic N) is 1. The van der Waals surface area contributed by atoms with Gasteiger partial charge in [0, 0.05) is 16.3 Å². The molecule has 0 fully saturated rings. The van der Waals surface area contributed by atoms with E-state index < -0.39 is 10.0 Å². The predicted octanol–water partition coefficient (Wildman–Crippen LogP) is 2.10. The molecule has 2 aromatic rings. The van der Waals surface area contributed by atoms with Gasteiger partial charge in [-0.1, -0.05) is 0 Å². The molecule has 1 aromatic heterocycles. The number of nitrogens with two attached hydrogens (primary N) is 1. The summed E-state index contributed by atoms with van der Waals surface area (Å²) >= 11 is 1.45. The monoisotopic (exact) mass is 313 g/mol. The van der Waals surface area contributed by atoms with Crippen LogP contribution in [0.2, 0.25) is 0 Å². The molecule has 0 aliphatic rings. The first-order chi connectivity index (χ1) is 9.44. The second kappa shape index (κ2) is 6.19. The van der Waals surface area contributed by atoms with Gasteiger partial charge in [-0.25, -0.2) is 13.1 Å². The number of rotatable bonds is 6. The van der Waals surface area contributed by atoms with Crippen LogP contribution in [0.3, 0.4) is 0 Å². The van der Waals surface area contributed by atoms with Crippen molar-refractivity contribution in [1.29, 1.82) is 0 Å². The summed E-state index contributed by atoms with van der Waals surface area (Å²) in [5, 5.41) is 0. The SMILES string of the molecule is Cc1coc(NS(=O)(=O)CCSc2ccc(N)cc2)n1. The Morgan fingerprint density at radius 3 is 2.65 bits per heavy atom. The third-order valence-corrected chi connectivity index (χ3v) is 4.86. The lowest BCUT2D eigenvalue weighted by Gasteiger charge is -2.04. The van der Waals surface area contributed by atoms with E-state index in [0.29, 0.717) is 17.1 Å². The fourth-order valence-corrected chi connectivity index (χ4v) is 3.66. The molecule has 20 heavy (non-hydrogen) atoms. The molecule has 0 unspecified atom stereocenters. The van der Waals surface area contributed by atoms with Crippen LogP contribution in [0.1, 0.15) is 5.69 Å². The molecule has 2 rings (SSSR count). The Kier molecular flexibility index (Phi) is 4.56. The van der Waals surface area contributed by atoms with Gasteiger partial charge in [0.2, 0.25) is 10.0 Å². The van der Waals surface area contributed by atoms with Crippen molar-refractivity contribution in [1.82, 2.24) is 4.98 Å². The molecule has 0 saturated heterocycles. The molecule has 0 aliphatic carbocycles. The van der Waals surface area contributed by atoms with E-state index in [1.165, 1.54) is 18.0 Å². The van der Waals surface area contributed by atoms with Crippen LogP contribution < -0.4 is 10.5 Å². The highest BCUT2D eigenvalue weighted by atomic mass is 32.2. The molecular weight excluding hydrogens is 298 g/mol. The van der Waals surface area contributed by atoms with Gasteiger partial charge in [-0.3, -0.25) is 0 Å². The van der Waals surface area contributed by atoms with Gasteiger partial charge in [0.25, 0.3) is 0 Å². The average molecular weight is 313 g/mol. The zero-order valence-corrected chi connectivity index (χ0v) is 12.5. The Balaban J connectivity index is 1.84. The maximum Gasteiger partial charge on any atom is 0.308 e. The van der Waals surface area contributed by atoms with Gasteiger partial charge < -0.3 is 10.2 Å². The minimum atomic E-state index is -3.45. The Morgan fingerprint density at radius 1 is 1.35 bits per heavy atom. The van der Waals surface area contributed by atoms with E-state index in [4.69, 9.17) is 10.2 Å². The van der Waals surface area contributed by atoms with Gasteiger partial charge in [0.15, 0.2) is 0 Å². The van der Waals surface area contributed by atoms with E-state index in [1.807, 2.05) is 12.1 Å². The second-order valence-corrected chi connectivity index (χ2v) is 7.14. The third-order valence-electron chi connectivity index (χ3n) is 2.36. The van der Waals surface area contributed by atoms with Crippen molar-refractivity contribution in [3.63, 3.8) is 0 Å². The molecule has 6 nitrogen and oxygen atoms in total. The maximum absolute atomic E-state index is 11.8. The van der Waals surface area contributed by atoms with Crippen LogP contribution in [-0.2, 0) is 10.0 Å². The van der Waals surface area contributed by atoms with Gasteiger partial charge in [-0.15, -0.1) is 11.8 Å². The molecule has 0 atom stereocenters. The Hall–Kier alpha value is -1.67. The molecular formula is C12H15N3O3S2. The quantitative estimate of drug-likeness (QED) is 0.626.